The van der Waals surface area contributed by atoms with Crippen molar-refractivity contribution in [2.24, 2.45) is 0 Å². The minimum absolute atomic E-state index is 0.0773. The molecular formula is C23H29NO12S3. The molecular weight excluding hydrogens is 578 g/mol. The van der Waals surface area contributed by atoms with Crippen LogP contribution in [-0.4, -0.2) is 87.2 Å². The second-order valence-corrected chi connectivity index (χ2v) is 13.6. The third kappa shape index (κ3) is 10.2. The topological polar surface area (TPSA) is 178 Å². The Labute approximate surface area is 227 Å². The van der Waals surface area contributed by atoms with Gasteiger partial charge in [0, 0.05) is 5.56 Å². The van der Waals surface area contributed by atoms with Crippen molar-refractivity contribution in [3.05, 3.63) is 71.8 Å². The average molecular weight is 608 g/mol. The summed E-state index contributed by atoms with van der Waals surface area (Å²) in [4.78, 5) is 13.1. The highest BCUT2D eigenvalue weighted by Crippen LogP contribution is 2.30. The van der Waals surface area contributed by atoms with Crippen LogP contribution in [0.15, 0.2) is 60.7 Å². The summed E-state index contributed by atoms with van der Waals surface area (Å²) in [6.45, 7) is -0.848. The van der Waals surface area contributed by atoms with Crippen LogP contribution in [0.2, 0.25) is 0 Å². The van der Waals surface area contributed by atoms with Gasteiger partial charge >= 0.3 is 0 Å². The van der Waals surface area contributed by atoms with Crippen LogP contribution in [0, 0.1) is 0 Å². The van der Waals surface area contributed by atoms with Gasteiger partial charge in [0.25, 0.3) is 36.3 Å². The van der Waals surface area contributed by atoms with Crippen molar-refractivity contribution in [2.75, 3.05) is 25.4 Å². The van der Waals surface area contributed by atoms with E-state index in [2.05, 4.69) is 5.32 Å². The summed E-state index contributed by atoms with van der Waals surface area (Å²) in [7, 11) is -12.6. The van der Waals surface area contributed by atoms with Crippen LogP contribution in [0.5, 0.6) is 0 Å². The molecule has 1 aliphatic rings. The molecule has 0 unspecified atom stereocenters. The van der Waals surface area contributed by atoms with Crippen molar-refractivity contribution >= 4 is 36.3 Å². The van der Waals surface area contributed by atoms with Crippen LogP contribution in [0.3, 0.4) is 0 Å². The lowest BCUT2D eigenvalue weighted by atomic mass is 9.96. The summed E-state index contributed by atoms with van der Waals surface area (Å²) in [6.07, 6.45) is -4.31. The molecule has 1 fully saturated rings. The van der Waals surface area contributed by atoms with E-state index in [9.17, 15) is 30.0 Å². The van der Waals surface area contributed by atoms with Crippen molar-refractivity contribution in [1.29, 1.82) is 0 Å². The fraction of sp³-hybridized carbons (Fsp3) is 0.435. The van der Waals surface area contributed by atoms with Gasteiger partial charge in [-0.05, 0) is 17.7 Å². The monoisotopic (exact) mass is 607 g/mol. The first-order valence-corrected chi connectivity index (χ1v) is 16.8. The molecule has 13 nitrogen and oxygen atoms in total. The number of ether oxygens (including phenoxy) is 2. The number of carbonyl (C=O) groups is 1. The molecule has 16 heteroatoms. The molecule has 0 bridgehead atoms. The Balaban J connectivity index is 2.05. The van der Waals surface area contributed by atoms with Gasteiger partial charge in [0.2, 0.25) is 0 Å². The van der Waals surface area contributed by atoms with E-state index in [1.807, 2.05) is 0 Å². The molecule has 1 saturated heterocycles. The number of rotatable bonds is 12. The van der Waals surface area contributed by atoms with Gasteiger partial charge in [-0.1, -0.05) is 48.5 Å². The van der Waals surface area contributed by atoms with E-state index in [0.717, 1.165) is 12.5 Å². The maximum Gasteiger partial charge on any atom is 0.264 e. The highest BCUT2D eigenvalue weighted by molar-refractivity contribution is 7.86. The minimum Gasteiger partial charge on any atom is -0.346 e. The Morgan fingerprint density at radius 2 is 1.33 bits per heavy atom. The first kappa shape index (κ1) is 31.1. The second-order valence-electron chi connectivity index (χ2n) is 8.72. The van der Waals surface area contributed by atoms with Gasteiger partial charge in [0.15, 0.2) is 6.29 Å². The van der Waals surface area contributed by atoms with Crippen molar-refractivity contribution in [2.45, 2.75) is 37.3 Å². The Hall–Kier alpha value is -2.44. The summed E-state index contributed by atoms with van der Waals surface area (Å²) in [6, 6.07) is 15.2. The third-order valence-electron chi connectivity index (χ3n) is 5.26. The largest absolute Gasteiger partial charge is 0.346 e. The zero-order valence-electron chi connectivity index (χ0n) is 21.2. The quantitative estimate of drug-likeness (QED) is 0.329. The fourth-order valence-electron chi connectivity index (χ4n) is 3.73. The van der Waals surface area contributed by atoms with Crippen LogP contribution in [-0.2, 0) is 59.0 Å². The number of benzene rings is 2. The van der Waals surface area contributed by atoms with Gasteiger partial charge in [0.05, 0.1) is 32.0 Å². The molecule has 1 N–H and O–H groups in total. The van der Waals surface area contributed by atoms with Gasteiger partial charge in [-0.25, -0.2) is 0 Å². The number of amides is 1. The van der Waals surface area contributed by atoms with E-state index in [0.29, 0.717) is 11.8 Å². The molecule has 3 rings (SSSR count). The first-order valence-electron chi connectivity index (χ1n) is 11.4. The molecule has 2 aromatic carbocycles. The summed E-state index contributed by atoms with van der Waals surface area (Å²) >= 11 is 0. The number of carbonyl (C=O) groups excluding carboxylic acids is 1. The zero-order chi connectivity index (χ0) is 28.8. The van der Waals surface area contributed by atoms with Crippen molar-refractivity contribution in [3.63, 3.8) is 0 Å². The van der Waals surface area contributed by atoms with Gasteiger partial charge in [-0.2, -0.15) is 25.3 Å². The first-order chi connectivity index (χ1) is 18.1. The van der Waals surface area contributed by atoms with E-state index in [4.69, 9.17) is 22.0 Å². The normalized spacial score (nSPS) is 24.2. The molecule has 216 valence electrons. The molecule has 0 radical (unpaired) electrons. The molecule has 0 aromatic heterocycles. The maximum atomic E-state index is 13.1. The number of hydrogen-bond donors (Lipinski definition) is 1. The van der Waals surface area contributed by atoms with Crippen molar-refractivity contribution in [3.8, 4) is 0 Å². The maximum absolute atomic E-state index is 13.1. The van der Waals surface area contributed by atoms with Crippen molar-refractivity contribution in [1.82, 2.24) is 5.32 Å². The lowest BCUT2D eigenvalue weighted by molar-refractivity contribution is -0.261. The van der Waals surface area contributed by atoms with Gasteiger partial charge < -0.3 is 14.8 Å². The van der Waals surface area contributed by atoms with E-state index in [1.165, 1.54) is 12.1 Å². The Morgan fingerprint density at radius 1 is 0.795 bits per heavy atom. The van der Waals surface area contributed by atoms with E-state index in [-0.39, 0.29) is 12.2 Å². The smallest absolute Gasteiger partial charge is 0.264 e. The highest BCUT2D eigenvalue weighted by atomic mass is 32.2. The van der Waals surface area contributed by atoms with Crippen LogP contribution < -0.4 is 5.32 Å². The summed E-state index contributed by atoms with van der Waals surface area (Å²) in [5.74, 6) is -0.677. The lowest BCUT2D eigenvalue weighted by Gasteiger charge is -2.44. The molecule has 39 heavy (non-hydrogen) atoms. The molecule has 0 spiro atoms. The Bertz CT molecular complexity index is 1430. The third-order valence-corrected chi connectivity index (χ3v) is 6.96. The van der Waals surface area contributed by atoms with E-state index in [1.54, 1.807) is 48.5 Å². The van der Waals surface area contributed by atoms with Gasteiger partial charge in [-0.3, -0.25) is 17.3 Å². The molecule has 1 amide bonds. The standard InChI is InChI=1S/C23H29NO12S3/c1-37(26,27)33-15-18-20(35-38(2,28)29)21(36-39(3,30)31)19(24-22(25)17-12-8-5-9-13-17)23(34-18)32-14-16-10-6-4-7-11-16/h4-13,18-21,23H,14-15H2,1-3H3,(H,24,25)/t18-,19-,20-,21-,23-/m1/s1. The summed E-state index contributed by atoms with van der Waals surface area (Å²) in [5.41, 5.74) is 0.883. The zero-order valence-corrected chi connectivity index (χ0v) is 23.6. The van der Waals surface area contributed by atoms with Crippen LogP contribution in [0.25, 0.3) is 0 Å². The number of hydrogen-bond acceptors (Lipinski definition) is 12. The lowest BCUT2D eigenvalue weighted by Crippen LogP contribution is -2.66. The summed E-state index contributed by atoms with van der Waals surface area (Å²) < 4.78 is 99.1. The van der Waals surface area contributed by atoms with Gasteiger partial charge in [-0.15, -0.1) is 0 Å². The van der Waals surface area contributed by atoms with Crippen LogP contribution in [0.1, 0.15) is 15.9 Å². The fourth-order valence-corrected chi connectivity index (χ4v) is 5.39. The molecule has 0 saturated carbocycles. The molecule has 1 heterocycles. The van der Waals surface area contributed by atoms with E-state index < -0.39 is 73.5 Å². The molecule has 0 aliphatic carbocycles. The van der Waals surface area contributed by atoms with E-state index >= 15 is 0 Å². The Kier molecular flexibility index (Phi) is 10.2. The van der Waals surface area contributed by atoms with Gasteiger partial charge in [0.1, 0.15) is 24.4 Å². The highest BCUT2D eigenvalue weighted by Gasteiger charge is 2.52. The van der Waals surface area contributed by atoms with Crippen LogP contribution >= 0.6 is 0 Å². The Morgan fingerprint density at radius 3 is 1.87 bits per heavy atom. The van der Waals surface area contributed by atoms with Crippen LogP contribution in [0.4, 0.5) is 0 Å². The number of nitrogens with one attached hydrogen (secondary N) is 1. The minimum atomic E-state index is -4.30. The van der Waals surface area contributed by atoms with Crippen molar-refractivity contribution < 1.29 is 52.1 Å². The predicted octanol–water partition coefficient (Wildman–Crippen LogP) is 0.393. The predicted molar refractivity (Wildman–Crippen MR) is 138 cm³/mol. The summed E-state index contributed by atoms with van der Waals surface area (Å²) in [5, 5.41) is 2.59. The molecule has 1 aliphatic heterocycles. The SMILES string of the molecule is CS(=O)(=O)OC[C@H]1O[C@@H](OCc2ccccc2)[C@H](NC(=O)c2ccccc2)[C@@H](OS(C)(=O)=O)[C@@H]1OS(C)(=O)=O. The average Bonchev–Trinajstić information content (AvgIpc) is 2.83. The molecule has 5 atom stereocenters. The second kappa shape index (κ2) is 12.8. The molecule has 2 aromatic rings.